The maximum Gasteiger partial charge on any atom is 0.327 e. The normalized spacial score (nSPS) is 19.3. The van der Waals surface area contributed by atoms with Crippen LogP contribution in [0.1, 0.15) is 10.4 Å². The van der Waals surface area contributed by atoms with Gasteiger partial charge in [0.05, 0.1) is 5.56 Å². The van der Waals surface area contributed by atoms with Gasteiger partial charge < -0.3 is 10.0 Å². The lowest BCUT2D eigenvalue weighted by molar-refractivity contribution is -0.141. The molecule has 1 heterocycles. The molecule has 1 aromatic carbocycles. The van der Waals surface area contributed by atoms with E-state index in [9.17, 15) is 14.7 Å². The number of carbonyl (C=O) groups is 2. The molecule has 1 fully saturated rings. The van der Waals surface area contributed by atoms with Gasteiger partial charge in [0.1, 0.15) is 6.04 Å². The Bertz CT molecular complexity index is 524. The first-order valence-electron chi connectivity index (χ1n) is 5.57. The van der Waals surface area contributed by atoms with Crippen molar-refractivity contribution < 1.29 is 14.7 Å². The number of amides is 1. The van der Waals surface area contributed by atoms with Gasteiger partial charge in [-0.25, -0.2) is 4.79 Å². The third-order valence-corrected chi connectivity index (χ3v) is 5.01. The van der Waals surface area contributed by atoms with Gasteiger partial charge in [-0.3, -0.25) is 4.79 Å². The number of hydrogen-bond donors (Lipinski definition) is 1. The van der Waals surface area contributed by atoms with E-state index < -0.39 is 12.0 Å². The summed E-state index contributed by atoms with van der Waals surface area (Å²) in [6.45, 7) is 0.461. The van der Waals surface area contributed by atoms with E-state index in [1.165, 1.54) is 4.90 Å². The second-order valence-corrected chi connectivity index (χ2v) is 6.97. The van der Waals surface area contributed by atoms with Gasteiger partial charge in [-0.15, -0.1) is 0 Å². The summed E-state index contributed by atoms with van der Waals surface area (Å²) in [7, 11) is 0. The first-order valence-corrected chi connectivity index (χ1v) is 8.31. The second-order valence-electron chi connectivity index (χ2n) is 4.05. The minimum atomic E-state index is -0.950. The first kappa shape index (κ1) is 14.9. The second kappa shape index (κ2) is 6.28. The standard InChI is InChI=1S/C12H11Br2NO3S/c13-7-1-2-8(9(14)5-7)11(16)15-3-4-19-6-10(15)12(17)18/h1-2,5,10H,3-4,6H2,(H,17,18). The van der Waals surface area contributed by atoms with Crippen molar-refractivity contribution in [3.63, 3.8) is 0 Å². The Balaban J connectivity index is 2.28. The van der Waals surface area contributed by atoms with Crippen LogP contribution in [-0.2, 0) is 4.79 Å². The zero-order chi connectivity index (χ0) is 14.0. The van der Waals surface area contributed by atoms with Crippen LogP contribution in [0.3, 0.4) is 0 Å². The van der Waals surface area contributed by atoms with Gasteiger partial charge in [0.15, 0.2) is 0 Å². The molecule has 1 N–H and O–H groups in total. The Kier molecular flexibility index (Phi) is 4.92. The van der Waals surface area contributed by atoms with Crippen LogP contribution in [0.4, 0.5) is 0 Å². The number of nitrogens with zero attached hydrogens (tertiary/aromatic N) is 1. The van der Waals surface area contributed by atoms with Crippen molar-refractivity contribution in [1.82, 2.24) is 4.90 Å². The first-order chi connectivity index (χ1) is 9.00. The van der Waals surface area contributed by atoms with Crippen LogP contribution in [0.25, 0.3) is 0 Å². The van der Waals surface area contributed by atoms with Gasteiger partial charge in [-0.1, -0.05) is 15.9 Å². The summed E-state index contributed by atoms with van der Waals surface area (Å²) in [6, 6.07) is 4.49. The molecule has 2 rings (SSSR count). The molecule has 1 saturated heterocycles. The lowest BCUT2D eigenvalue weighted by Gasteiger charge is -2.32. The van der Waals surface area contributed by atoms with Crippen molar-refractivity contribution in [2.45, 2.75) is 6.04 Å². The molecule has 19 heavy (non-hydrogen) atoms. The fraction of sp³-hybridized carbons (Fsp3) is 0.333. The van der Waals surface area contributed by atoms with Gasteiger partial charge in [-0.05, 0) is 34.1 Å². The molecule has 0 aromatic heterocycles. The number of thioether (sulfide) groups is 1. The van der Waals surface area contributed by atoms with E-state index in [2.05, 4.69) is 31.9 Å². The van der Waals surface area contributed by atoms with Crippen LogP contribution in [0, 0.1) is 0 Å². The van der Waals surface area contributed by atoms with Gasteiger partial charge in [0, 0.05) is 27.0 Å². The van der Waals surface area contributed by atoms with E-state index in [0.29, 0.717) is 22.3 Å². The van der Waals surface area contributed by atoms with Crippen LogP contribution < -0.4 is 0 Å². The van der Waals surface area contributed by atoms with Crippen molar-refractivity contribution >= 4 is 55.5 Å². The molecule has 7 heteroatoms. The molecule has 0 aliphatic carbocycles. The van der Waals surface area contributed by atoms with Crippen LogP contribution >= 0.6 is 43.6 Å². The summed E-state index contributed by atoms with van der Waals surface area (Å²) in [4.78, 5) is 25.1. The van der Waals surface area contributed by atoms with Crippen LogP contribution in [0.2, 0.25) is 0 Å². The largest absolute Gasteiger partial charge is 0.480 e. The van der Waals surface area contributed by atoms with Crippen molar-refractivity contribution in [3.05, 3.63) is 32.7 Å². The van der Waals surface area contributed by atoms with Crippen molar-refractivity contribution in [1.29, 1.82) is 0 Å². The lowest BCUT2D eigenvalue weighted by Crippen LogP contribution is -2.50. The highest BCUT2D eigenvalue weighted by molar-refractivity contribution is 9.11. The molecule has 1 unspecified atom stereocenters. The predicted octanol–water partition coefficient (Wildman–Crippen LogP) is 2.85. The number of carboxylic acids is 1. The number of carboxylic acid groups (broad SMARTS) is 1. The zero-order valence-corrected chi connectivity index (χ0v) is 13.8. The SMILES string of the molecule is O=C(O)C1CSCCN1C(=O)c1ccc(Br)cc1Br. The van der Waals surface area contributed by atoms with E-state index in [1.54, 1.807) is 30.0 Å². The molecule has 0 spiro atoms. The summed E-state index contributed by atoms with van der Waals surface area (Å²) < 4.78 is 1.52. The average Bonchev–Trinajstić information content (AvgIpc) is 2.38. The van der Waals surface area contributed by atoms with Crippen molar-refractivity contribution in [3.8, 4) is 0 Å². The Hall–Kier alpha value is -0.530. The monoisotopic (exact) mass is 407 g/mol. The molecular weight excluding hydrogens is 398 g/mol. The Morgan fingerprint density at radius 2 is 2.11 bits per heavy atom. The van der Waals surface area contributed by atoms with Crippen LogP contribution in [0.15, 0.2) is 27.1 Å². The summed E-state index contributed by atoms with van der Waals surface area (Å²) in [5, 5.41) is 9.19. The minimum absolute atomic E-state index is 0.243. The summed E-state index contributed by atoms with van der Waals surface area (Å²) in [6.07, 6.45) is 0. The number of hydrogen-bond acceptors (Lipinski definition) is 3. The molecular formula is C12H11Br2NO3S. The molecule has 4 nitrogen and oxygen atoms in total. The third kappa shape index (κ3) is 3.32. The number of rotatable bonds is 2. The quantitative estimate of drug-likeness (QED) is 0.817. The summed E-state index contributed by atoms with van der Waals surface area (Å²) >= 11 is 8.23. The fourth-order valence-electron chi connectivity index (χ4n) is 1.87. The van der Waals surface area contributed by atoms with E-state index in [-0.39, 0.29) is 5.91 Å². The molecule has 1 atom stereocenters. The smallest absolute Gasteiger partial charge is 0.327 e. The topological polar surface area (TPSA) is 57.6 Å². The fourth-order valence-corrected chi connectivity index (χ4v) is 4.12. The van der Waals surface area contributed by atoms with E-state index in [1.807, 2.05) is 0 Å². The molecule has 1 aromatic rings. The summed E-state index contributed by atoms with van der Waals surface area (Å²) in [5.41, 5.74) is 0.487. The van der Waals surface area contributed by atoms with Gasteiger partial charge in [0.25, 0.3) is 5.91 Å². The van der Waals surface area contributed by atoms with Crippen LogP contribution in [0.5, 0.6) is 0 Å². The van der Waals surface area contributed by atoms with E-state index in [0.717, 1.165) is 10.2 Å². The molecule has 0 bridgehead atoms. The van der Waals surface area contributed by atoms with E-state index in [4.69, 9.17) is 0 Å². The third-order valence-electron chi connectivity index (χ3n) is 2.84. The highest BCUT2D eigenvalue weighted by Crippen LogP contribution is 2.26. The van der Waals surface area contributed by atoms with Crippen LogP contribution in [-0.4, -0.2) is 46.0 Å². The van der Waals surface area contributed by atoms with Gasteiger partial charge in [-0.2, -0.15) is 11.8 Å². The minimum Gasteiger partial charge on any atom is -0.480 e. The predicted molar refractivity (Wildman–Crippen MR) is 81.6 cm³/mol. The number of aliphatic carboxylic acids is 1. The zero-order valence-electron chi connectivity index (χ0n) is 9.81. The maximum absolute atomic E-state index is 12.5. The molecule has 102 valence electrons. The van der Waals surface area contributed by atoms with Gasteiger partial charge in [0.2, 0.25) is 0 Å². The highest BCUT2D eigenvalue weighted by Gasteiger charge is 2.33. The molecule has 1 amide bonds. The average molecular weight is 409 g/mol. The van der Waals surface area contributed by atoms with Gasteiger partial charge >= 0.3 is 5.97 Å². The Labute approximate surface area is 131 Å². The Morgan fingerprint density at radius 3 is 2.74 bits per heavy atom. The highest BCUT2D eigenvalue weighted by atomic mass is 79.9. The number of carbonyl (C=O) groups excluding carboxylic acids is 1. The number of halogens is 2. The van der Waals surface area contributed by atoms with Crippen molar-refractivity contribution in [2.24, 2.45) is 0 Å². The molecule has 0 radical (unpaired) electrons. The van der Waals surface area contributed by atoms with E-state index >= 15 is 0 Å². The molecule has 1 aliphatic rings. The summed E-state index contributed by atoms with van der Waals surface area (Å²) in [5.74, 6) is 0.0136. The Morgan fingerprint density at radius 1 is 1.37 bits per heavy atom. The molecule has 0 saturated carbocycles. The maximum atomic E-state index is 12.5. The van der Waals surface area contributed by atoms with Crippen molar-refractivity contribution in [2.75, 3.05) is 18.1 Å². The lowest BCUT2D eigenvalue weighted by atomic mass is 10.1. The number of benzene rings is 1. The molecule has 1 aliphatic heterocycles.